The fourth-order valence-electron chi connectivity index (χ4n) is 3.63. The number of nitrogens with one attached hydrogen (secondary N) is 1. The third-order valence-corrected chi connectivity index (χ3v) is 4.98. The monoisotopic (exact) mass is 338 g/mol. The van der Waals surface area contributed by atoms with Gasteiger partial charge in [0.2, 0.25) is 0 Å². The van der Waals surface area contributed by atoms with Crippen LogP contribution in [0.3, 0.4) is 0 Å². The van der Waals surface area contributed by atoms with Crippen molar-refractivity contribution in [2.24, 2.45) is 7.05 Å². The van der Waals surface area contributed by atoms with Crippen molar-refractivity contribution < 1.29 is 4.79 Å². The maximum absolute atomic E-state index is 12.6. The van der Waals surface area contributed by atoms with E-state index >= 15 is 0 Å². The number of carbonyl (C=O) groups excluding carboxylic acids is 1. The Hall–Kier alpha value is -2.56. The Morgan fingerprint density at radius 1 is 1.24 bits per heavy atom. The van der Waals surface area contributed by atoms with Crippen LogP contribution in [0.15, 0.2) is 24.3 Å². The van der Waals surface area contributed by atoms with Crippen LogP contribution in [0.1, 0.15) is 39.9 Å². The number of amides is 1. The first-order chi connectivity index (χ1) is 11.9. The molecule has 0 spiro atoms. The number of para-hydroxylation sites is 1. The fourth-order valence-corrected chi connectivity index (χ4v) is 3.63. The van der Waals surface area contributed by atoms with Crippen LogP contribution >= 0.6 is 0 Å². The summed E-state index contributed by atoms with van der Waals surface area (Å²) in [5.41, 5.74) is 6.46. The molecule has 1 amide bonds. The van der Waals surface area contributed by atoms with E-state index in [1.54, 1.807) is 0 Å². The Labute approximate surface area is 148 Å². The summed E-state index contributed by atoms with van der Waals surface area (Å²) in [6.07, 6.45) is 0.798. The van der Waals surface area contributed by atoms with E-state index in [1.807, 2.05) is 41.4 Å². The number of fused-ring (bicyclic) bond motifs is 1. The highest BCUT2D eigenvalue weighted by Gasteiger charge is 2.15. The van der Waals surface area contributed by atoms with E-state index in [0.717, 1.165) is 29.6 Å². The average molecular weight is 338 g/mol. The lowest BCUT2D eigenvalue weighted by Crippen LogP contribution is -2.27. The maximum atomic E-state index is 12.6. The number of benzene rings is 1. The minimum atomic E-state index is -0.0312. The topological polar surface area (TPSA) is 51.9 Å². The number of hydrogen-bond donors (Lipinski definition) is 1. The highest BCUT2D eigenvalue weighted by molar-refractivity contribution is 5.99. The van der Waals surface area contributed by atoms with Gasteiger partial charge < -0.3 is 9.88 Å². The summed E-state index contributed by atoms with van der Waals surface area (Å²) in [5.74, 6) is -0.0312. The van der Waals surface area contributed by atoms with Gasteiger partial charge in [0.05, 0.1) is 11.2 Å². The van der Waals surface area contributed by atoms with Crippen molar-refractivity contribution in [1.82, 2.24) is 19.7 Å². The molecule has 5 heteroatoms. The highest BCUT2D eigenvalue weighted by atomic mass is 16.1. The van der Waals surface area contributed by atoms with Gasteiger partial charge in [-0.05, 0) is 51.3 Å². The second-order valence-electron chi connectivity index (χ2n) is 6.57. The summed E-state index contributed by atoms with van der Waals surface area (Å²) in [5, 5.41) is 8.69. The molecule has 0 unspecified atom stereocenters. The first kappa shape index (κ1) is 17.3. The number of rotatable bonds is 5. The van der Waals surface area contributed by atoms with Gasteiger partial charge in [0.1, 0.15) is 5.69 Å². The highest BCUT2D eigenvalue weighted by Crippen LogP contribution is 2.22. The Balaban J connectivity index is 1.73. The molecule has 0 aliphatic rings. The summed E-state index contributed by atoms with van der Waals surface area (Å²) in [6, 6.07) is 8.10. The van der Waals surface area contributed by atoms with Gasteiger partial charge in [0.15, 0.2) is 0 Å². The Morgan fingerprint density at radius 2 is 2.00 bits per heavy atom. The molecule has 1 aromatic carbocycles. The second-order valence-corrected chi connectivity index (χ2v) is 6.57. The standard InChI is InChI=1S/C20H26N4O/c1-6-24-15(4)17(14(3)22-24)10-11-21-20(25)18-12-16-9-7-8-13(2)19(16)23(18)5/h7-9,12H,6,10-11H2,1-5H3,(H,21,25). The van der Waals surface area contributed by atoms with Crippen molar-refractivity contribution in [3.05, 3.63) is 52.5 Å². The molecule has 2 aromatic heterocycles. The van der Waals surface area contributed by atoms with Crippen LogP contribution in [0.2, 0.25) is 0 Å². The van der Waals surface area contributed by atoms with Crippen molar-refractivity contribution in [2.45, 2.75) is 40.7 Å². The van der Waals surface area contributed by atoms with Gasteiger partial charge in [0.25, 0.3) is 5.91 Å². The van der Waals surface area contributed by atoms with Crippen LogP contribution < -0.4 is 5.32 Å². The van der Waals surface area contributed by atoms with Gasteiger partial charge in [-0.3, -0.25) is 9.48 Å². The number of nitrogens with zero attached hydrogens (tertiary/aromatic N) is 3. The van der Waals surface area contributed by atoms with E-state index in [2.05, 4.69) is 37.3 Å². The molecule has 0 saturated carbocycles. The molecule has 3 rings (SSSR count). The third-order valence-electron chi connectivity index (χ3n) is 4.98. The Morgan fingerprint density at radius 3 is 2.64 bits per heavy atom. The molecule has 0 bridgehead atoms. The molecule has 25 heavy (non-hydrogen) atoms. The molecular formula is C20H26N4O. The molecule has 0 radical (unpaired) electrons. The molecule has 0 saturated heterocycles. The minimum Gasteiger partial charge on any atom is -0.350 e. The van der Waals surface area contributed by atoms with E-state index in [4.69, 9.17) is 0 Å². The Bertz CT molecular complexity index is 933. The zero-order valence-corrected chi connectivity index (χ0v) is 15.7. The molecule has 132 valence electrons. The summed E-state index contributed by atoms with van der Waals surface area (Å²) >= 11 is 0. The van der Waals surface area contributed by atoms with Crippen molar-refractivity contribution in [3.8, 4) is 0 Å². The zero-order valence-electron chi connectivity index (χ0n) is 15.7. The molecule has 0 aliphatic heterocycles. The molecule has 2 heterocycles. The van der Waals surface area contributed by atoms with Crippen molar-refractivity contribution >= 4 is 16.8 Å². The summed E-state index contributed by atoms with van der Waals surface area (Å²) in [7, 11) is 1.95. The first-order valence-electron chi connectivity index (χ1n) is 8.80. The van der Waals surface area contributed by atoms with Crippen LogP contribution in [-0.4, -0.2) is 26.8 Å². The van der Waals surface area contributed by atoms with E-state index in [-0.39, 0.29) is 5.91 Å². The van der Waals surface area contributed by atoms with Crippen molar-refractivity contribution in [1.29, 1.82) is 0 Å². The smallest absolute Gasteiger partial charge is 0.267 e. The second kappa shape index (κ2) is 6.75. The Kier molecular flexibility index (Phi) is 4.66. The zero-order chi connectivity index (χ0) is 18.1. The maximum Gasteiger partial charge on any atom is 0.267 e. The van der Waals surface area contributed by atoms with Gasteiger partial charge >= 0.3 is 0 Å². The van der Waals surface area contributed by atoms with E-state index in [1.165, 1.54) is 16.8 Å². The van der Waals surface area contributed by atoms with Crippen LogP contribution in [0.4, 0.5) is 0 Å². The lowest BCUT2D eigenvalue weighted by atomic mass is 10.1. The number of aryl methyl sites for hydroxylation is 4. The quantitative estimate of drug-likeness (QED) is 0.776. The van der Waals surface area contributed by atoms with Crippen LogP contribution in [0.5, 0.6) is 0 Å². The predicted molar refractivity (Wildman–Crippen MR) is 101 cm³/mol. The van der Waals surface area contributed by atoms with Crippen molar-refractivity contribution in [3.63, 3.8) is 0 Å². The molecule has 5 nitrogen and oxygen atoms in total. The van der Waals surface area contributed by atoms with Gasteiger partial charge in [-0.1, -0.05) is 18.2 Å². The van der Waals surface area contributed by atoms with Crippen molar-refractivity contribution in [2.75, 3.05) is 6.54 Å². The van der Waals surface area contributed by atoms with Crippen LogP contribution in [-0.2, 0) is 20.0 Å². The summed E-state index contributed by atoms with van der Waals surface area (Å²) < 4.78 is 3.99. The molecule has 0 atom stereocenters. The van der Waals surface area contributed by atoms with E-state index in [0.29, 0.717) is 12.2 Å². The van der Waals surface area contributed by atoms with Gasteiger partial charge in [-0.15, -0.1) is 0 Å². The molecule has 0 aliphatic carbocycles. The number of carbonyl (C=O) groups is 1. The summed E-state index contributed by atoms with van der Waals surface area (Å²) in [4.78, 5) is 12.6. The normalized spacial score (nSPS) is 11.2. The first-order valence-corrected chi connectivity index (χ1v) is 8.80. The lowest BCUT2D eigenvalue weighted by Gasteiger charge is -2.08. The number of aromatic nitrogens is 3. The van der Waals surface area contributed by atoms with E-state index in [9.17, 15) is 4.79 Å². The van der Waals surface area contributed by atoms with Gasteiger partial charge in [-0.2, -0.15) is 5.10 Å². The molecule has 0 fully saturated rings. The fraction of sp³-hybridized carbons (Fsp3) is 0.400. The number of hydrogen-bond acceptors (Lipinski definition) is 2. The minimum absolute atomic E-state index is 0.0312. The van der Waals surface area contributed by atoms with E-state index < -0.39 is 0 Å². The molecule has 3 aromatic rings. The van der Waals surface area contributed by atoms with Crippen LogP contribution in [0.25, 0.3) is 10.9 Å². The van der Waals surface area contributed by atoms with Gasteiger partial charge in [-0.25, -0.2) is 0 Å². The summed E-state index contributed by atoms with van der Waals surface area (Å²) in [6.45, 7) is 9.76. The SMILES string of the molecule is CCn1nc(C)c(CCNC(=O)c2cc3cccc(C)c3n2C)c1C. The average Bonchev–Trinajstić information content (AvgIpc) is 3.06. The largest absolute Gasteiger partial charge is 0.350 e. The van der Waals surface area contributed by atoms with Crippen LogP contribution in [0, 0.1) is 20.8 Å². The molecular weight excluding hydrogens is 312 g/mol. The third kappa shape index (κ3) is 3.06. The molecule has 1 N–H and O–H groups in total. The van der Waals surface area contributed by atoms with Gasteiger partial charge in [0, 0.05) is 31.2 Å². The lowest BCUT2D eigenvalue weighted by molar-refractivity contribution is 0.0946. The predicted octanol–water partition coefficient (Wildman–Crippen LogP) is 3.29.